The van der Waals surface area contributed by atoms with Crippen molar-refractivity contribution in [1.29, 1.82) is 0 Å². The Morgan fingerprint density at radius 1 is 1.15 bits per heavy atom. The number of piperidine rings is 1. The zero-order valence-corrected chi connectivity index (χ0v) is 15.8. The standard InChI is InChI=1S/C22H26N4O/c1-18-12-19(8-9-21(18)26-17-23-16-24-26)13-25-11-5-10-22(14-25,15-27)20-6-3-2-4-7-20/h2-4,6-9,12,16-17,27H,5,10-11,13-15H2,1H3. The fourth-order valence-corrected chi connectivity index (χ4v) is 4.27. The third kappa shape index (κ3) is 3.66. The summed E-state index contributed by atoms with van der Waals surface area (Å²) in [6.07, 6.45) is 5.42. The van der Waals surface area contributed by atoms with E-state index in [1.165, 1.54) is 16.7 Å². The summed E-state index contributed by atoms with van der Waals surface area (Å²) in [7, 11) is 0. The monoisotopic (exact) mass is 362 g/mol. The second-order valence-electron chi connectivity index (χ2n) is 7.58. The van der Waals surface area contributed by atoms with Crippen molar-refractivity contribution in [2.75, 3.05) is 19.7 Å². The van der Waals surface area contributed by atoms with E-state index in [0.29, 0.717) is 0 Å². The summed E-state index contributed by atoms with van der Waals surface area (Å²) in [5.41, 5.74) is 4.62. The molecule has 5 nitrogen and oxygen atoms in total. The molecule has 1 unspecified atom stereocenters. The molecule has 1 fully saturated rings. The Morgan fingerprint density at radius 3 is 2.70 bits per heavy atom. The normalized spacial score (nSPS) is 20.7. The minimum atomic E-state index is -0.158. The molecule has 2 aromatic carbocycles. The van der Waals surface area contributed by atoms with Crippen LogP contribution in [0.5, 0.6) is 0 Å². The molecule has 1 aliphatic heterocycles. The van der Waals surface area contributed by atoms with E-state index < -0.39 is 0 Å². The third-order valence-corrected chi connectivity index (χ3v) is 5.68. The van der Waals surface area contributed by atoms with Crippen molar-refractivity contribution in [2.45, 2.75) is 31.7 Å². The summed E-state index contributed by atoms with van der Waals surface area (Å²) >= 11 is 0. The zero-order valence-electron chi connectivity index (χ0n) is 15.8. The number of aryl methyl sites for hydroxylation is 1. The third-order valence-electron chi connectivity index (χ3n) is 5.68. The van der Waals surface area contributed by atoms with Gasteiger partial charge in [0, 0.05) is 18.5 Å². The summed E-state index contributed by atoms with van der Waals surface area (Å²) in [5.74, 6) is 0. The average Bonchev–Trinajstić information content (AvgIpc) is 3.23. The number of benzene rings is 2. The summed E-state index contributed by atoms with van der Waals surface area (Å²) in [4.78, 5) is 6.50. The van der Waals surface area contributed by atoms with E-state index in [0.717, 1.165) is 38.2 Å². The molecule has 0 aliphatic carbocycles. The highest BCUT2D eigenvalue weighted by atomic mass is 16.3. The highest BCUT2D eigenvalue weighted by molar-refractivity contribution is 5.41. The van der Waals surface area contributed by atoms with Crippen molar-refractivity contribution >= 4 is 0 Å². The van der Waals surface area contributed by atoms with Gasteiger partial charge in [-0.05, 0) is 49.1 Å². The van der Waals surface area contributed by atoms with E-state index in [1.807, 2.05) is 6.07 Å². The van der Waals surface area contributed by atoms with Crippen molar-refractivity contribution in [1.82, 2.24) is 19.7 Å². The minimum Gasteiger partial charge on any atom is -0.395 e. The molecule has 5 heteroatoms. The van der Waals surface area contributed by atoms with E-state index in [9.17, 15) is 5.11 Å². The van der Waals surface area contributed by atoms with E-state index in [1.54, 1.807) is 17.3 Å². The molecule has 0 saturated carbocycles. The molecular weight excluding hydrogens is 336 g/mol. The van der Waals surface area contributed by atoms with Gasteiger partial charge in [-0.15, -0.1) is 0 Å². The van der Waals surface area contributed by atoms with Crippen LogP contribution in [0.2, 0.25) is 0 Å². The molecule has 0 bridgehead atoms. The van der Waals surface area contributed by atoms with Gasteiger partial charge in [0.2, 0.25) is 0 Å². The fraction of sp³-hybridized carbons (Fsp3) is 0.364. The van der Waals surface area contributed by atoms with Crippen LogP contribution >= 0.6 is 0 Å². The Morgan fingerprint density at radius 2 is 2.00 bits per heavy atom. The van der Waals surface area contributed by atoms with Crippen LogP contribution in [0.15, 0.2) is 61.2 Å². The van der Waals surface area contributed by atoms with Crippen LogP contribution in [0.25, 0.3) is 5.69 Å². The van der Waals surface area contributed by atoms with Crippen LogP contribution in [0.4, 0.5) is 0 Å². The number of aromatic nitrogens is 3. The lowest BCUT2D eigenvalue weighted by atomic mass is 9.74. The Balaban J connectivity index is 1.52. The van der Waals surface area contributed by atoms with E-state index >= 15 is 0 Å². The molecule has 3 aromatic rings. The second-order valence-corrected chi connectivity index (χ2v) is 7.58. The Labute approximate surface area is 160 Å². The molecule has 27 heavy (non-hydrogen) atoms. The maximum absolute atomic E-state index is 10.2. The second kappa shape index (κ2) is 7.62. The maximum atomic E-state index is 10.2. The summed E-state index contributed by atoms with van der Waals surface area (Å²) in [6.45, 7) is 5.15. The van der Waals surface area contributed by atoms with Gasteiger partial charge in [-0.3, -0.25) is 4.90 Å². The topological polar surface area (TPSA) is 54.2 Å². The SMILES string of the molecule is Cc1cc(CN2CCCC(CO)(c3ccccc3)C2)ccc1-n1cncn1. The van der Waals surface area contributed by atoms with E-state index in [2.05, 4.69) is 64.4 Å². The fourth-order valence-electron chi connectivity index (χ4n) is 4.27. The highest BCUT2D eigenvalue weighted by Crippen LogP contribution is 2.34. The van der Waals surface area contributed by atoms with Gasteiger partial charge in [0.1, 0.15) is 12.7 Å². The summed E-state index contributed by atoms with van der Waals surface area (Å²) in [6, 6.07) is 17.0. The van der Waals surface area contributed by atoms with Gasteiger partial charge in [-0.2, -0.15) is 5.10 Å². The van der Waals surface area contributed by atoms with E-state index in [-0.39, 0.29) is 12.0 Å². The van der Waals surface area contributed by atoms with Gasteiger partial charge in [-0.1, -0.05) is 42.5 Å². The van der Waals surface area contributed by atoms with Crippen molar-refractivity contribution in [3.63, 3.8) is 0 Å². The molecule has 1 atom stereocenters. The molecule has 4 rings (SSSR count). The van der Waals surface area contributed by atoms with E-state index in [4.69, 9.17) is 0 Å². The lowest BCUT2D eigenvalue weighted by Crippen LogP contribution is -2.48. The number of nitrogens with zero attached hydrogens (tertiary/aromatic N) is 4. The Hall–Kier alpha value is -2.50. The average molecular weight is 362 g/mol. The predicted octanol–water partition coefficient (Wildman–Crippen LogP) is 3.10. The van der Waals surface area contributed by atoms with Crippen LogP contribution < -0.4 is 0 Å². The smallest absolute Gasteiger partial charge is 0.138 e. The number of rotatable bonds is 5. The van der Waals surface area contributed by atoms with Gasteiger partial charge in [-0.25, -0.2) is 9.67 Å². The maximum Gasteiger partial charge on any atom is 0.138 e. The number of likely N-dealkylation sites (tertiary alicyclic amines) is 1. The Bertz CT molecular complexity index is 879. The van der Waals surface area contributed by atoms with Crippen molar-refractivity contribution in [3.8, 4) is 5.69 Å². The molecule has 0 amide bonds. The molecule has 2 heterocycles. The number of aliphatic hydroxyl groups is 1. The van der Waals surface area contributed by atoms with Gasteiger partial charge in [0.25, 0.3) is 0 Å². The van der Waals surface area contributed by atoms with Crippen LogP contribution in [0, 0.1) is 6.92 Å². The van der Waals surface area contributed by atoms with Gasteiger partial charge >= 0.3 is 0 Å². The highest BCUT2D eigenvalue weighted by Gasteiger charge is 2.36. The van der Waals surface area contributed by atoms with Crippen molar-refractivity contribution in [2.24, 2.45) is 0 Å². The number of aliphatic hydroxyl groups excluding tert-OH is 1. The lowest BCUT2D eigenvalue weighted by molar-refractivity contribution is 0.0850. The molecular formula is C22H26N4O. The summed E-state index contributed by atoms with van der Waals surface area (Å²) in [5, 5.41) is 14.4. The lowest BCUT2D eigenvalue weighted by Gasteiger charge is -2.42. The first-order valence-electron chi connectivity index (χ1n) is 9.53. The molecule has 140 valence electrons. The minimum absolute atomic E-state index is 0.158. The molecule has 1 N–H and O–H groups in total. The largest absolute Gasteiger partial charge is 0.395 e. The van der Waals surface area contributed by atoms with Crippen LogP contribution in [-0.2, 0) is 12.0 Å². The van der Waals surface area contributed by atoms with Crippen LogP contribution in [0.1, 0.15) is 29.5 Å². The van der Waals surface area contributed by atoms with Gasteiger partial charge in [0.15, 0.2) is 0 Å². The first-order valence-corrected chi connectivity index (χ1v) is 9.53. The quantitative estimate of drug-likeness (QED) is 0.758. The first-order chi connectivity index (χ1) is 13.2. The van der Waals surface area contributed by atoms with Crippen LogP contribution in [-0.4, -0.2) is 44.5 Å². The van der Waals surface area contributed by atoms with Crippen molar-refractivity contribution < 1.29 is 5.11 Å². The Kier molecular flexibility index (Phi) is 5.05. The van der Waals surface area contributed by atoms with Gasteiger partial charge < -0.3 is 5.11 Å². The first kappa shape index (κ1) is 17.9. The predicted molar refractivity (Wildman–Crippen MR) is 106 cm³/mol. The number of hydrogen-bond acceptors (Lipinski definition) is 4. The molecule has 1 saturated heterocycles. The molecule has 0 radical (unpaired) electrons. The molecule has 0 spiro atoms. The molecule has 1 aromatic heterocycles. The van der Waals surface area contributed by atoms with Gasteiger partial charge in [0.05, 0.1) is 12.3 Å². The molecule has 1 aliphatic rings. The number of hydrogen-bond donors (Lipinski definition) is 1. The van der Waals surface area contributed by atoms with Crippen molar-refractivity contribution in [3.05, 3.63) is 77.9 Å². The summed E-state index contributed by atoms with van der Waals surface area (Å²) < 4.78 is 1.80. The van der Waals surface area contributed by atoms with Crippen LogP contribution in [0.3, 0.4) is 0 Å². The zero-order chi connectivity index (χ0) is 18.7.